The van der Waals surface area contributed by atoms with Crippen LogP contribution in [0.1, 0.15) is 26.3 Å². The number of nitrogens with zero attached hydrogens (tertiary/aromatic N) is 1. The van der Waals surface area contributed by atoms with Crippen molar-refractivity contribution in [1.82, 2.24) is 4.31 Å². The Morgan fingerprint density at radius 2 is 1.95 bits per heavy atom. The molecule has 20 heavy (non-hydrogen) atoms. The molecular weight excluding hydrogens is 285 g/mol. The third-order valence-electron chi connectivity index (χ3n) is 3.09. The highest BCUT2D eigenvalue weighted by molar-refractivity contribution is 7.89. The number of sulfonamides is 1. The van der Waals surface area contributed by atoms with Crippen LogP contribution in [0.15, 0.2) is 23.1 Å². The van der Waals surface area contributed by atoms with Gasteiger partial charge in [-0.05, 0) is 38.5 Å². The number of hydrogen-bond donors (Lipinski definition) is 1. The minimum atomic E-state index is -4.23. The number of carboxylic acid groups (broad SMARTS) is 1. The summed E-state index contributed by atoms with van der Waals surface area (Å²) in [6.45, 7) is 5.61. The Morgan fingerprint density at radius 1 is 1.40 bits per heavy atom. The maximum atomic E-state index is 13.8. The van der Waals surface area contributed by atoms with E-state index in [9.17, 15) is 22.7 Å². The van der Waals surface area contributed by atoms with E-state index < -0.39 is 32.2 Å². The zero-order valence-corrected chi connectivity index (χ0v) is 12.7. The number of aryl methyl sites for hydroxylation is 1. The molecule has 1 rings (SSSR count). The molecule has 0 fully saturated rings. The third kappa shape index (κ3) is 2.83. The molecule has 0 spiro atoms. The summed E-state index contributed by atoms with van der Waals surface area (Å²) in [7, 11) is -4.23. The van der Waals surface area contributed by atoms with Gasteiger partial charge in [0, 0.05) is 6.54 Å². The fourth-order valence-corrected chi connectivity index (χ4v) is 3.80. The summed E-state index contributed by atoms with van der Waals surface area (Å²) in [6.07, 6.45) is 0. The zero-order valence-electron chi connectivity index (χ0n) is 11.8. The van der Waals surface area contributed by atoms with Crippen LogP contribution in [0, 0.1) is 12.7 Å². The predicted octanol–water partition coefficient (Wildman–Crippen LogP) is 2.01. The van der Waals surface area contributed by atoms with Gasteiger partial charge in [-0.1, -0.05) is 13.0 Å². The van der Waals surface area contributed by atoms with Crippen LogP contribution in [0.3, 0.4) is 0 Å². The predicted molar refractivity (Wildman–Crippen MR) is 72.4 cm³/mol. The number of hydrogen-bond acceptors (Lipinski definition) is 3. The monoisotopic (exact) mass is 303 g/mol. The van der Waals surface area contributed by atoms with Crippen molar-refractivity contribution in [3.8, 4) is 0 Å². The van der Waals surface area contributed by atoms with Crippen LogP contribution in [-0.4, -0.2) is 35.9 Å². The van der Waals surface area contributed by atoms with E-state index in [1.54, 1.807) is 6.92 Å². The van der Waals surface area contributed by atoms with Crippen LogP contribution in [-0.2, 0) is 14.8 Å². The molecule has 0 aromatic heterocycles. The topological polar surface area (TPSA) is 74.7 Å². The van der Waals surface area contributed by atoms with Crippen LogP contribution in [0.4, 0.5) is 4.39 Å². The van der Waals surface area contributed by atoms with Crippen molar-refractivity contribution in [2.24, 2.45) is 0 Å². The fraction of sp³-hybridized carbons (Fsp3) is 0.462. The minimum Gasteiger partial charge on any atom is -0.480 e. The number of rotatable bonds is 5. The SMILES string of the molecule is CCN(C(C)(C)C(=O)O)S(=O)(=O)c1cc(C)ccc1F. The van der Waals surface area contributed by atoms with Crippen LogP contribution in [0.2, 0.25) is 0 Å². The van der Waals surface area contributed by atoms with Gasteiger partial charge in [0.1, 0.15) is 16.3 Å². The first-order valence-electron chi connectivity index (χ1n) is 6.07. The van der Waals surface area contributed by atoms with Crippen molar-refractivity contribution >= 4 is 16.0 Å². The largest absolute Gasteiger partial charge is 0.480 e. The molecule has 0 bridgehead atoms. The fourth-order valence-electron chi connectivity index (χ4n) is 1.90. The summed E-state index contributed by atoms with van der Waals surface area (Å²) in [5, 5.41) is 9.18. The van der Waals surface area contributed by atoms with Crippen molar-refractivity contribution in [3.05, 3.63) is 29.6 Å². The molecule has 0 aliphatic carbocycles. The van der Waals surface area contributed by atoms with E-state index in [1.807, 2.05) is 0 Å². The lowest BCUT2D eigenvalue weighted by Gasteiger charge is -2.33. The average molecular weight is 303 g/mol. The number of carboxylic acids is 1. The standard InChI is InChI=1S/C13H18FNO4S/c1-5-15(13(3,4)12(16)17)20(18,19)11-8-9(2)6-7-10(11)14/h6-8H,5H2,1-4H3,(H,16,17). The lowest BCUT2D eigenvalue weighted by molar-refractivity contribution is -0.146. The van der Waals surface area contributed by atoms with Crippen LogP contribution in [0.25, 0.3) is 0 Å². The van der Waals surface area contributed by atoms with Crippen molar-refractivity contribution in [1.29, 1.82) is 0 Å². The summed E-state index contributed by atoms with van der Waals surface area (Å²) in [4.78, 5) is 10.7. The Kier molecular flexibility index (Phi) is 4.55. The molecule has 0 saturated carbocycles. The van der Waals surface area contributed by atoms with Gasteiger partial charge in [-0.3, -0.25) is 4.79 Å². The molecule has 112 valence electrons. The Hall–Kier alpha value is -1.47. The second kappa shape index (κ2) is 5.49. The summed E-state index contributed by atoms with van der Waals surface area (Å²) in [5.74, 6) is -2.19. The minimum absolute atomic E-state index is 0.0744. The highest BCUT2D eigenvalue weighted by Gasteiger charge is 2.42. The Balaban J connectivity index is 3.48. The van der Waals surface area contributed by atoms with Crippen molar-refractivity contribution < 1.29 is 22.7 Å². The number of aliphatic carboxylic acids is 1. The van der Waals surface area contributed by atoms with E-state index in [2.05, 4.69) is 0 Å². The first-order chi connectivity index (χ1) is 9.05. The summed E-state index contributed by atoms with van der Waals surface area (Å²) < 4.78 is 39.6. The second-order valence-corrected chi connectivity index (χ2v) is 6.80. The molecule has 1 aromatic rings. The lowest BCUT2D eigenvalue weighted by Crippen LogP contribution is -2.52. The molecule has 0 amide bonds. The molecule has 1 N–H and O–H groups in total. The quantitative estimate of drug-likeness (QED) is 0.903. The maximum absolute atomic E-state index is 13.8. The number of halogens is 1. The molecule has 0 radical (unpaired) electrons. The molecule has 0 unspecified atom stereocenters. The van der Waals surface area contributed by atoms with E-state index in [1.165, 1.54) is 32.9 Å². The van der Waals surface area contributed by atoms with E-state index in [0.29, 0.717) is 5.56 Å². The molecule has 0 saturated heterocycles. The molecular formula is C13H18FNO4S. The van der Waals surface area contributed by atoms with Gasteiger partial charge in [0.05, 0.1) is 0 Å². The summed E-state index contributed by atoms with van der Waals surface area (Å²) in [5.41, 5.74) is -1.09. The van der Waals surface area contributed by atoms with Gasteiger partial charge in [0.2, 0.25) is 10.0 Å². The van der Waals surface area contributed by atoms with Gasteiger partial charge in [-0.2, -0.15) is 4.31 Å². The Labute approximate surface area is 118 Å². The molecule has 5 nitrogen and oxygen atoms in total. The number of benzene rings is 1. The van der Waals surface area contributed by atoms with Gasteiger partial charge in [-0.25, -0.2) is 12.8 Å². The number of carbonyl (C=O) groups is 1. The van der Waals surface area contributed by atoms with Crippen molar-refractivity contribution in [2.45, 2.75) is 38.1 Å². The van der Waals surface area contributed by atoms with Gasteiger partial charge < -0.3 is 5.11 Å². The molecule has 0 aliphatic heterocycles. The molecule has 0 atom stereocenters. The van der Waals surface area contributed by atoms with Gasteiger partial charge in [-0.15, -0.1) is 0 Å². The molecule has 0 heterocycles. The maximum Gasteiger partial charge on any atom is 0.324 e. The van der Waals surface area contributed by atoms with Crippen molar-refractivity contribution in [2.75, 3.05) is 6.54 Å². The average Bonchev–Trinajstić information content (AvgIpc) is 2.32. The highest BCUT2D eigenvalue weighted by Crippen LogP contribution is 2.27. The zero-order chi connectivity index (χ0) is 15.7. The lowest BCUT2D eigenvalue weighted by atomic mass is 10.1. The molecule has 0 aliphatic rings. The third-order valence-corrected chi connectivity index (χ3v) is 5.25. The Bertz CT molecular complexity index is 625. The van der Waals surface area contributed by atoms with E-state index >= 15 is 0 Å². The van der Waals surface area contributed by atoms with Crippen molar-refractivity contribution in [3.63, 3.8) is 0 Å². The number of likely N-dealkylation sites (N-methyl/N-ethyl adjacent to an activating group) is 1. The first-order valence-corrected chi connectivity index (χ1v) is 7.51. The van der Waals surface area contributed by atoms with Gasteiger partial charge in [0.15, 0.2) is 0 Å². The van der Waals surface area contributed by atoms with Gasteiger partial charge >= 0.3 is 5.97 Å². The molecule has 1 aromatic carbocycles. The Morgan fingerprint density at radius 3 is 2.40 bits per heavy atom. The summed E-state index contributed by atoms with van der Waals surface area (Å²) in [6, 6.07) is 3.71. The van der Waals surface area contributed by atoms with Crippen LogP contribution < -0.4 is 0 Å². The van der Waals surface area contributed by atoms with Crippen LogP contribution in [0.5, 0.6) is 0 Å². The second-order valence-electron chi connectivity index (χ2n) is 4.97. The first kappa shape index (κ1) is 16.6. The van der Waals surface area contributed by atoms with Crippen LogP contribution >= 0.6 is 0 Å². The smallest absolute Gasteiger partial charge is 0.324 e. The van der Waals surface area contributed by atoms with E-state index in [0.717, 1.165) is 10.4 Å². The molecule has 7 heteroatoms. The van der Waals surface area contributed by atoms with E-state index in [-0.39, 0.29) is 6.54 Å². The summed E-state index contributed by atoms with van der Waals surface area (Å²) >= 11 is 0. The normalized spacial score (nSPS) is 12.7. The highest BCUT2D eigenvalue weighted by atomic mass is 32.2. The van der Waals surface area contributed by atoms with Gasteiger partial charge in [0.25, 0.3) is 0 Å². The van der Waals surface area contributed by atoms with E-state index in [4.69, 9.17) is 0 Å².